The Balaban J connectivity index is 0.00000320. The van der Waals surface area contributed by atoms with Crippen LogP contribution < -0.4 is 15.4 Å². The molecule has 30 heavy (non-hydrogen) atoms. The van der Waals surface area contributed by atoms with Gasteiger partial charge in [-0.15, -0.1) is 24.0 Å². The van der Waals surface area contributed by atoms with Crippen LogP contribution in [0.25, 0.3) is 0 Å². The zero-order chi connectivity index (χ0) is 20.5. The predicted molar refractivity (Wildman–Crippen MR) is 124 cm³/mol. The number of aliphatic imine (C=N–C) groups is 1. The van der Waals surface area contributed by atoms with Crippen molar-refractivity contribution in [1.82, 2.24) is 15.6 Å². The van der Waals surface area contributed by atoms with Crippen LogP contribution in [0, 0.1) is 11.6 Å². The molecule has 0 aliphatic carbocycles. The van der Waals surface area contributed by atoms with Gasteiger partial charge >= 0.3 is 0 Å². The molecule has 2 N–H and O–H groups in total. The molecule has 0 amide bonds. The molecular formula is C22H23F2IN4O. The number of hydrogen-bond acceptors (Lipinski definition) is 3. The van der Waals surface area contributed by atoms with E-state index in [1.807, 2.05) is 6.92 Å². The van der Waals surface area contributed by atoms with Gasteiger partial charge in [0.2, 0.25) is 0 Å². The number of halogens is 3. The van der Waals surface area contributed by atoms with Crippen molar-refractivity contribution in [3.05, 3.63) is 89.8 Å². The van der Waals surface area contributed by atoms with E-state index in [9.17, 15) is 8.78 Å². The average Bonchev–Trinajstić information content (AvgIpc) is 2.74. The highest BCUT2D eigenvalue weighted by molar-refractivity contribution is 14.0. The van der Waals surface area contributed by atoms with Crippen LogP contribution in [0.5, 0.6) is 11.5 Å². The van der Waals surface area contributed by atoms with Crippen LogP contribution in [0.4, 0.5) is 8.78 Å². The van der Waals surface area contributed by atoms with Crippen LogP contribution >= 0.6 is 24.0 Å². The van der Waals surface area contributed by atoms with E-state index < -0.39 is 5.82 Å². The summed E-state index contributed by atoms with van der Waals surface area (Å²) in [5.41, 5.74) is 1.23. The molecule has 0 atom stereocenters. The molecule has 1 heterocycles. The molecule has 0 spiro atoms. The number of pyridine rings is 1. The second-order valence-corrected chi connectivity index (χ2v) is 6.20. The van der Waals surface area contributed by atoms with Crippen LogP contribution in [0.1, 0.15) is 18.1 Å². The van der Waals surface area contributed by atoms with Crippen molar-refractivity contribution in [1.29, 1.82) is 0 Å². The minimum absolute atomic E-state index is 0. The third kappa shape index (κ3) is 6.94. The predicted octanol–water partition coefficient (Wildman–Crippen LogP) is 5.03. The van der Waals surface area contributed by atoms with Crippen molar-refractivity contribution >= 4 is 29.9 Å². The number of ether oxygens (including phenoxy) is 1. The van der Waals surface area contributed by atoms with Gasteiger partial charge < -0.3 is 15.4 Å². The molecule has 2 aromatic carbocycles. The van der Waals surface area contributed by atoms with Crippen molar-refractivity contribution in [2.75, 3.05) is 6.54 Å². The van der Waals surface area contributed by atoms with E-state index in [1.54, 1.807) is 48.7 Å². The molecule has 0 aliphatic rings. The summed E-state index contributed by atoms with van der Waals surface area (Å²) in [6.45, 7) is 3.14. The van der Waals surface area contributed by atoms with E-state index in [-0.39, 0.29) is 42.1 Å². The fourth-order valence-electron chi connectivity index (χ4n) is 2.59. The van der Waals surface area contributed by atoms with Gasteiger partial charge in [-0.1, -0.05) is 24.3 Å². The first-order valence-electron chi connectivity index (χ1n) is 9.27. The maximum absolute atomic E-state index is 14.4. The summed E-state index contributed by atoms with van der Waals surface area (Å²) >= 11 is 0. The lowest BCUT2D eigenvalue weighted by atomic mass is 10.2. The van der Waals surface area contributed by atoms with Crippen LogP contribution in [-0.2, 0) is 13.1 Å². The highest BCUT2D eigenvalue weighted by atomic mass is 127. The van der Waals surface area contributed by atoms with Gasteiger partial charge in [-0.05, 0) is 42.8 Å². The number of nitrogens with one attached hydrogen (secondary N) is 2. The van der Waals surface area contributed by atoms with Gasteiger partial charge in [-0.2, -0.15) is 0 Å². The minimum Gasteiger partial charge on any atom is -0.453 e. The SMILES string of the molecule is CCNC(=NCc1ccc(Oc2cccnc2)c(F)c1)NCc1ccccc1F.I. The maximum atomic E-state index is 14.4. The molecule has 0 saturated carbocycles. The van der Waals surface area contributed by atoms with Crippen molar-refractivity contribution in [2.24, 2.45) is 4.99 Å². The van der Waals surface area contributed by atoms with Crippen molar-refractivity contribution < 1.29 is 13.5 Å². The minimum atomic E-state index is -0.481. The topological polar surface area (TPSA) is 58.5 Å². The lowest BCUT2D eigenvalue weighted by Crippen LogP contribution is -2.37. The molecule has 0 bridgehead atoms. The zero-order valence-corrected chi connectivity index (χ0v) is 18.8. The first-order chi connectivity index (χ1) is 14.2. The lowest BCUT2D eigenvalue weighted by Gasteiger charge is -2.12. The monoisotopic (exact) mass is 524 g/mol. The summed E-state index contributed by atoms with van der Waals surface area (Å²) in [6.07, 6.45) is 3.13. The molecule has 5 nitrogen and oxygen atoms in total. The van der Waals surface area contributed by atoms with E-state index >= 15 is 0 Å². The van der Waals surface area contributed by atoms with E-state index in [0.717, 1.165) is 0 Å². The third-order valence-corrected chi connectivity index (χ3v) is 4.03. The normalized spacial score (nSPS) is 10.8. The van der Waals surface area contributed by atoms with Gasteiger partial charge in [0.25, 0.3) is 0 Å². The van der Waals surface area contributed by atoms with Gasteiger partial charge in [0, 0.05) is 24.8 Å². The highest BCUT2D eigenvalue weighted by Gasteiger charge is 2.07. The Hall–Kier alpha value is -2.75. The molecule has 0 radical (unpaired) electrons. The number of benzene rings is 2. The fourth-order valence-corrected chi connectivity index (χ4v) is 2.59. The molecule has 0 unspecified atom stereocenters. The molecule has 0 aliphatic heterocycles. The van der Waals surface area contributed by atoms with Gasteiger partial charge in [0.15, 0.2) is 17.5 Å². The van der Waals surface area contributed by atoms with Gasteiger partial charge in [-0.3, -0.25) is 4.98 Å². The Labute approximate surface area is 191 Å². The molecule has 0 fully saturated rings. The van der Waals surface area contributed by atoms with Crippen LogP contribution in [0.15, 0.2) is 72.0 Å². The van der Waals surface area contributed by atoms with Crippen LogP contribution in [0.2, 0.25) is 0 Å². The van der Waals surface area contributed by atoms with Crippen molar-refractivity contribution in [2.45, 2.75) is 20.0 Å². The molecule has 158 valence electrons. The second kappa shape index (κ2) is 12.1. The second-order valence-electron chi connectivity index (χ2n) is 6.20. The maximum Gasteiger partial charge on any atom is 0.191 e. The molecule has 8 heteroatoms. The molecule has 3 aromatic rings. The summed E-state index contributed by atoms with van der Waals surface area (Å²) in [5.74, 6) is 0.346. The summed E-state index contributed by atoms with van der Waals surface area (Å²) in [7, 11) is 0. The third-order valence-electron chi connectivity index (χ3n) is 4.03. The molecule has 1 aromatic heterocycles. The van der Waals surface area contributed by atoms with E-state index in [0.29, 0.717) is 35.9 Å². The summed E-state index contributed by atoms with van der Waals surface area (Å²) < 4.78 is 33.6. The van der Waals surface area contributed by atoms with E-state index in [1.165, 1.54) is 18.3 Å². The Kier molecular flexibility index (Phi) is 9.46. The van der Waals surface area contributed by atoms with E-state index in [4.69, 9.17) is 4.74 Å². The zero-order valence-electron chi connectivity index (χ0n) is 16.4. The first-order valence-corrected chi connectivity index (χ1v) is 9.27. The molecule has 3 rings (SSSR count). The summed E-state index contributed by atoms with van der Waals surface area (Å²) in [5, 5.41) is 6.17. The molecular weight excluding hydrogens is 501 g/mol. The van der Waals surface area contributed by atoms with Crippen LogP contribution in [0.3, 0.4) is 0 Å². The summed E-state index contributed by atoms with van der Waals surface area (Å²) in [6, 6.07) is 14.7. The quantitative estimate of drug-likeness (QED) is 0.259. The van der Waals surface area contributed by atoms with Crippen LogP contribution in [-0.4, -0.2) is 17.5 Å². The van der Waals surface area contributed by atoms with E-state index in [2.05, 4.69) is 20.6 Å². The molecule has 0 saturated heterocycles. The first kappa shape index (κ1) is 23.5. The van der Waals surface area contributed by atoms with Gasteiger partial charge in [0.05, 0.1) is 12.7 Å². The van der Waals surface area contributed by atoms with Gasteiger partial charge in [0.1, 0.15) is 11.6 Å². The number of aromatic nitrogens is 1. The Morgan fingerprint density at radius 1 is 1.03 bits per heavy atom. The Bertz CT molecular complexity index is 970. The Morgan fingerprint density at radius 2 is 1.87 bits per heavy atom. The Morgan fingerprint density at radius 3 is 2.57 bits per heavy atom. The fraction of sp³-hybridized carbons (Fsp3) is 0.182. The number of guanidine groups is 1. The van der Waals surface area contributed by atoms with Crippen molar-refractivity contribution in [3.8, 4) is 11.5 Å². The standard InChI is InChI=1S/C22H22F2N4O.HI/c1-2-26-22(28-14-17-6-3-4-8-19(17)23)27-13-16-9-10-21(20(24)12-16)29-18-7-5-11-25-15-18;/h3-12,15H,2,13-14H2,1H3,(H2,26,27,28);1H. The average molecular weight is 524 g/mol. The highest BCUT2D eigenvalue weighted by Crippen LogP contribution is 2.24. The largest absolute Gasteiger partial charge is 0.453 e. The smallest absolute Gasteiger partial charge is 0.191 e. The number of hydrogen-bond donors (Lipinski definition) is 2. The number of nitrogens with zero attached hydrogens (tertiary/aromatic N) is 2. The summed E-state index contributed by atoms with van der Waals surface area (Å²) in [4.78, 5) is 8.37. The number of rotatable bonds is 7. The van der Waals surface area contributed by atoms with Gasteiger partial charge in [-0.25, -0.2) is 13.8 Å². The van der Waals surface area contributed by atoms with Crippen molar-refractivity contribution in [3.63, 3.8) is 0 Å². The lowest BCUT2D eigenvalue weighted by molar-refractivity contribution is 0.440.